The highest BCUT2D eigenvalue weighted by Crippen LogP contribution is 2.21. The molecule has 0 aliphatic carbocycles. The predicted octanol–water partition coefficient (Wildman–Crippen LogP) is 4.10. The third kappa shape index (κ3) is 2.82. The first kappa shape index (κ1) is 11.9. The first-order chi connectivity index (χ1) is 9.43. The lowest BCUT2D eigenvalue weighted by Gasteiger charge is -2.11. The maximum atomic E-state index is 2.37. The Labute approximate surface area is 114 Å². The molecule has 1 aliphatic heterocycles. The van der Waals surface area contributed by atoms with Crippen LogP contribution in [0.4, 0.5) is 0 Å². The van der Waals surface area contributed by atoms with Crippen molar-refractivity contribution in [2.24, 2.45) is 0 Å². The summed E-state index contributed by atoms with van der Waals surface area (Å²) in [6.07, 6.45) is 6.92. The van der Waals surface area contributed by atoms with Gasteiger partial charge in [-0.1, -0.05) is 48.5 Å². The SMILES string of the molecule is C1=C(c2ccccc2)[N+](Cc2ccccc2)=CCC1. The maximum Gasteiger partial charge on any atom is 0.208 e. The summed E-state index contributed by atoms with van der Waals surface area (Å²) in [5, 5.41) is 0. The highest BCUT2D eigenvalue weighted by atomic mass is 15.0. The normalized spacial score (nSPS) is 14.7. The minimum Gasteiger partial charge on any atom is -0.198 e. The summed E-state index contributed by atoms with van der Waals surface area (Å²) in [5.74, 6) is 0. The van der Waals surface area contributed by atoms with Gasteiger partial charge in [0.1, 0.15) is 6.21 Å². The molecular formula is C18H18N+. The highest BCUT2D eigenvalue weighted by Gasteiger charge is 2.18. The molecule has 0 saturated carbocycles. The van der Waals surface area contributed by atoms with Gasteiger partial charge in [-0.15, -0.1) is 0 Å². The Kier molecular flexibility index (Phi) is 3.55. The van der Waals surface area contributed by atoms with E-state index in [9.17, 15) is 0 Å². The molecule has 0 bridgehead atoms. The van der Waals surface area contributed by atoms with Gasteiger partial charge in [-0.3, -0.25) is 0 Å². The molecule has 94 valence electrons. The third-order valence-electron chi connectivity index (χ3n) is 3.43. The Morgan fingerprint density at radius 1 is 0.789 bits per heavy atom. The number of rotatable bonds is 3. The molecule has 0 saturated heterocycles. The van der Waals surface area contributed by atoms with Gasteiger partial charge in [0, 0.05) is 17.5 Å². The van der Waals surface area contributed by atoms with Gasteiger partial charge >= 0.3 is 0 Å². The Morgan fingerprint density at radius 3 is 2.21 bits per heavy atom. The molecule has 3 rings (SSSR count). The molecule has 0 atom stereocenters. The fourth-order valence-corrected chi connectivity index (χ4v) is 2.49. The molecule has 2 aromatic rings. The van der Waals surface area contributed by atoms with Crippen LogP contribution in [0.15, 0.2) is 66.7 Å². The second kappa shape index (κ2) is 5.66. The minimum absolute atomic E-state index is 0.946. The minimum atomic E-state index is 0.946. The highest BCUT2D eigenvalue weighted by molar-refractivity contribution is 5.66. The number of benzene rings is 2. The monoisotopic (exact) mass is 248 g/mol. The van der Waals surface area contributed by atoms with Gasteiger partial charge < -0.3 is 0 Å². The number of allylic oxidation sites excluding steroid dienone is 1. The van der Waals surface area contributed by atoms with Crippen LogP contribution in [0.25, 0.3) is 5.70 Å². The van der Waals surface area contributed by atoms with Gasteiger partial charge in [0.05, 0.1) is 0 Å². The number of hydrogen-bond acceptors (Lipinski definition) is 0. The van der Waals surface area contributed by atoms with Crippen LogP contribution in [0.2, 0.25) is 0 Å². The maximum absolute atomic E-state index is 2.37. The van der Waals surface area contributed by atoms with Crippen LogP contribution in [0, 0.1) is 0 Å². The van der Waals surface area contributed by atoms with E-state index in [0.29, 0.717) is 0 Å². The van der Waals surface area contributed by atoms with Crippen LogP contribution in [0.3, 0.4) is 0 Å². The van der Waals surface area contributed by atoms with Gasteiger partial charge in [-0.2, -0.15) is 4.58 Å². The zero-order valence-corrected chi connectivity index (χ0v) is 11.0. The fraction of sp³-hybridized carbons (Fsp3) is 0.167. The van der Waals surface area contributed by atoms with Gasteiger partial charge in [-0.25, -0.2) is 0 Å². The number of hydrogen-bond donors (Lipinski definition) is 0. The molecule has 0 amide bonds. The van der Waals surface area contributed by atoms with E-state index in [2.05, 4.69) is 77.5 Å². The van der Waals surface area contributed by atoms with Crippen molar-refractivity contribution in [2.45, 2.75) is 19.4 Å². The molecule has 1 heteroatoms. The van der Waals surface area contributed by atoms with Crippen molar-refractivity contribution in [3.05, 3.63) is 77.9 Å². The summed E-state index contributed by atoms with van der Waals surface area (Å²) in [5.41, 5.74) is 3.98. The largest absolute Gasteiger partial charge is 0.208 e. The van der Waals surface area contributed by atoms with E-state index in [-0.39, 0.29) is 0 Å². The van der Waals surface area contributed by atoms with E-state index in [0.717, 1.165) is 19.4 Å². The smallest absolute Gasteiger partial charge is 0.198 e. The predicted molar refractivity (Wildman–Crippen MR) is 80.1 cm³/mol. The molecule has 2 aromatic carbocycles. The molecule has 19 heavy (non-hydrogen) atoms. The Hall–Kier alpha value is -2.15. The van der Waals surface area contributed by atoms with Crippen molar-refractivity contribution in [3.63, 3.8) is 0 Å². The summed E-state index contributed by atoms with van der Waals surface area (Å²) in [6.45, 7) is 0.946. The van der Waals surface area contributed by atoms with Crippen LogP contribution in [-0.4, -0.2) is 10.8 Å². The lowest BCUT2D eigenvalue weighted by Crippen LogP contribution is -2.15. The van der Waals surface area contributed by atoms with E-state index in [4.69, 9.17) is 0 Å². The standard InChI is InChI=1S/C18H18N/c1-3-9-16(10-4-1)15-19-14-8-7-13-18(19)17-11-5-2-6-12-17/h1-6,9-14H,7-8,15H2/q+1. The van der Waals surface area contributed by atoms with Gasteiger partial charge in [0.15, 0.2) is 6.54 Å². The third-order valence-corrected chi connectivity index (χ3v) is 3.43. The van der Waals surface area contributed by atoms with Gasteiger partial charge in [0.25, 0.3) is 0 Å². The van der Waals surface area contributed by atoms with Crippen molar-refractivity contribution in [1.82, 2.24) is 0 Å². The first-order valence-electron chi connectivity index (χ1n) is 6.83. The topological polar surface area (TPSA) is 3.01 Å². The lowest BCUT2D eigenvalue weighted by atomic mass is 10.1. The second-order valence-corrected chi connectivity index (χ2v) is 4.83. The summed E-state index contributed by atoms with van der Waals surface area (Å²) in [4.78, 5) is 0. The Balaban J connectivity index is 1.88. The van der Waals surface area contributed by atoms with E-state index in [1.54, 1.807) is 0 Å². The Bertz CT molecular complexity index is 594. The van der Waals surface area contributed by atoms with E-state index in [1.807, 2.05) is 0 Å². The Morgan fingerprint density at radius 2 is 1.47 bits per heavy atom. The molecular weight excluding hydrogens is 230 g/mol. The molecule has 1 nitrogen and oxygen atoms in total. The summed E-state index contributed by atoms with van der Waals surface area (Å²) < 4.78 is 2.37. The average Bonchev–Trinajstić information content (AvgIpc) is 2.50. The fourth-order valence-electron chi connectivity index (χ4n) is 2.49. The van der Waals surface area contributed by atoms with Crippen LogP contribution in [0.1, 0.15) is 24.0 Å². The van der Waals surface area contributed by atoms with Crippen molar-refractivity contribution in [2.75, 3.05) is 0 Å². The van der Waals surface area contributed by atoms with Crippen molar-refractivity contribution < 1.29 is 4.58 Å². The van der Waals surface area contributed by atoms with Crippen LogP contribution >= 0.6 is 0 Å². The van der Waals surface area contributed by atoms with Crippen LogP contribution in [0.5, 0.6) is 0 Å². The first-order valence-corrected chi connectivity index (χ1v) is 6.83. The summed E-state index contributed by atoms with van der Waals surface area (Å²) in [6, 6.07) is 21.3. The van der Waals surface area contributed by atoms with Gasteiger partial charge in [-0.05, 0) is 24.6 Å². The second-order valence-electron chi connectivity index (χ2n) is 4.83. The summed E-state index contributed by atoms with van der Waals surface area (Å²) >= 11 is 0. The quantitative estimate of drug-likeness (QED) is 0.719. The molecule has 1 aliphatic rings. The molecule has 0 aromatic heterocycles. The van der Waals surface area contributed by atoms with E-state index in [1.165, 1.54) is 16.8 Å². The molecule has 1 heterocycles. The van der Waals surface area contributed by atoms with Gasteiger partial charge in [0.2, 0.25) is 5.70 Å². The molecule has 0 N–H and O–H groups in total. The number of nitrogens with zero attached hydrogens (tertiary/aromatic N) is 1. The molecule has 0 radical (unpaired) electrons. The van der Waals surface area contributed by atoms with Crippen molar-refractivity contribution in [1.29, 1.82) is 0 Å². The lowest BCUT2D eigenvalue weighted by molar-refractivity contribution is -0.447. The zero-order chi connectivity index (χ0) is 12.9. The molecule has 0 spiro atoms. The summed E-state index contributed by atoms with van der Waals surface area (Å²) in [7, 11) is 0. The van der Waals surface area contributed by atoms with Crippen LogP contribution < -0.4 is 0 Å². The zero-order valence-electron chi connectivity index (χ0n) is 11.0. The van der Waals surface area contributed by atoms with E-state index >= 15 is 0 Å². The van der Waals surface area contributed by atoms with E-state index < -0.39 is 0 Å². The average molecular weight is 248 g/mol. The molecule has 0 unspecified atom stereocenters. The van der Waals surface area contributed by atoms with Crippen molar-refractivity contribution >= 4 is 11.9 Å². The van der Waals surface area contributed by atoms with Crippen molar-refractivity contribution in [3.8, 4) is 0 Å². The molecule has 0 fully saturated rings. The van der Waals surface area contributed by atoms with Crippen LogP contribution in [-0.2, 0) is 6.54 Å².